The fourth-order valence-electron chi connectivity index (χ4n) is 1.38. The molecule has 1 aromatic rings. The molecular formula is C11H13NO4. The Morgan fingerprint density at radius 3 is 2.81 bits per heavy atom. The molecule has 0 amide bonds. The number of nitrogens with zero attached hydrogens (tertiary/aromatic N) is 1. The van der Waals surface area contributed by atoms with Crippen molar-refractivity contribution in [3.8, 4) is 11.5 Å². The topological polar surface area (TPSA) is 61.6 Å². The minimum atomic E-state index is -0.443. The lowest BCUT2D eigenvalue weighted by atomic mass is 10.3. The average molecular weight is 223 g/mol. The number of benzene rings is 1. The standard InChI is InChI=1S/C11H13NO4/c1-15-9-4-5-10(12(13)14)11(6-9)16-7-8-2-3-8/h4-6,8H,2-3,7H2,1H3. The Hall–Kier alpha value is -1.78. The number of ether oxygens (including phenoxy) is 2. The fourth-order valence-corrected chi connectivity index (χ4v) is 1.38. The van der Waals surface area contributed by atoms with Gasteiger partial charge in [-0.15, -0.1) is 0 Å². The largest absolute Gasteiger partial charge is 0.497 e. The van der Waals surface area contributed by atoms with E-state index in [1.807, 2.05) is 0 Å². The summed E-state index contributed by atoms with van der Waals surface area (Å²) in [5.74, 6) is 1.42. The molecule has 1 aliphatic rings. The summed E-state index contributed by atoms with van der Waals surface area (Å²) in [6, 6.07) is 4.52. The average Bonchev–Trinajstić information content (AvgIpc) is 3.09. The third-order valence-corrected chi connectivity index (χ3v) is 2.54. The molecular weight excluding hydrogens is 210 g/mol. The number of nitro benzene ring substituents is 1. The zero-order valence-corrected chi connectivity index (χ0v) is 9.01. The van der Waals surface area contributed by atoms with Gasteiger partial charge in [-0.2, -0.15) is 0 Å². The van der Waals surface area contributed by atoms with Crippen LogP contribution < -0.4 is 9.47 Å². The van der Waals surface area contributed by atoms with Crippen LogP contribution in [0.3, 0.4) is 0 Å². The van der Waals surface area contributed by atoms with Crippen LogP contribution >= 0.6 is 0 Å². The van der Waals surface area contributed by atoms with Crippen molar-refractivity contribution in [3.63, 3.8) is 0 Å². The minimum Gasteiger partial charge on any atom is -0.497 e. The van der Waals surface area contributed by atoms with Gasteiger partial charge in [0.25, 0.3) is 0 Å². The van der Waals surface area contributed by atoms with Crippen LogP contribution in [0.2, 0.25) is 0 Å². The van der Waals surface area contributed by atoms with Crippen LogP contribution in [0, 0.1) is 16.0 Å². The van der Waals surface area contributed by atoms with Gasteiger partial charge in [0, 0.05) is 12.1 Å². The van der Waals surface area contributed by atoms with Gasteiger partial charge in [-0.05, 0) is 24.8 Å². The van der Waals surface area contributed by atoms with Crippen molar-refractivity contribution in [3.05, 3.63) is 28.3 Å². The maximum atomic E-state index is 10.8. The lowest BCUT2D eigenvalue weighted by Gasteiger charge is -2.07. The Morgan fingerprint density at radius 1 is 1.50 bits per heavy atom. The van der Waals surface area contributed by atoms with Gasteiger partial charge in [-0.3, -0.25) is 10.1 Å². The predicted molar refractivity (Wildman–Crippen MR) is 57.9 cm³/mol. The Bertz CT molecular complexity index is 401. The summed E-state index contributed by atoms with van der Waals surface area (Å²) in [6.45, 7) is 0.550. The summed E-state index contributed by atoms with van der Waals surface area (Å²) in [5.41, 5.74) is -0.0125. The SMILES string of the molecule is COc1ccc([N+](=O)[O-])c(OCC2CC2)c1. The normalized spacial score (nSPS) is 14.6. The summed E-state index contributed by atoms with van der Waals surface area (Å²) in [4.78, 5) is 10.3. The van der Waals surface area contributed by atoms with Crippen LogP contribution in [-0.2, 0) is 0 Å². The van der Waals surface area contributed by atoms with Crippen molar-refractivity contribution in [2.75, 3.05) is 13.7 Å². The molecule has 16 heavy (non-hydrogen) atoms. The molecule has 5 nitrogen and oxygen atoms in total. The third kappa shape index (κ3) is 2.42. The molecule has 1 saturated carbocycles. The second-order valence-electron chi connectivity index (χ2n) is 3.85. The number of nitro groups is 1. The highest BCUT2D eigenvalue weighted by molar-refractivity contribution is 5.50. The van der Waals surface area contributed by atoms with Crippen LogP contribution in [-0.4, -0.2) is 18.6 Å². The van der Waals surface area contributed by atoms with E-state index in [1.54, 1.807) is 12.1 Å². The highest BCUT2D eigenvalue weighted by Crippen LogP contribution is 2.34. The zero-order valence-electron chi connectivity index (χ0n) is 9.01. The third-order valence-electron chi connectivity index (χ3n) is 2.54. The summed E-state index contributed by atoms with van der Waals surface area (Å²) in [7, 11) is 1.52. The quantitative estimate of drug-likeness (QED) is 0.568. The number of rotatable bonds is 5. The number of methoxy groups -OCH3 is 1. The summed E-state index contributed by atoms with van der Waals surface area (Å²) >= 11 is 0. The van der Waals surface area contributed by atoms with Crippen LogP contribution in [0.25, 0.3) is 0 Å². The first kappa shape index (κ1) is 10.7. The van der Waals surface area contributed by atoms with Gasteiger partial charge in [0.05, 0.1) is 18.6 Å². The van der Waals surface area contributed by atoms with Gasteiger partial charge in [-0.1, -0.05) is 0 Å². The first-order chi connectivity index (χ1) is 7.70. The molecule has 0 heterocycles. The molecule has 0 saturated heterocycles. The molecule has 86 valence electrons. The highest BCUT2D eigenvalue weighted by Gasteiger charge is 2.24. The molecule has 1 fully saturated rings. The van der Waals surface area contributed by atoms with Crippen LogP contribution in [0.5, 0.6) is 11.5 Å². The van der Waals surface area contributed by atoms with Gasteiger partial charge < -0.3 is 9.47 Å². The smallest absolute Gasteiger partial charge is 0.311 e. The summed E-state index contributed by atoms with van der Waals surface area (Å²) in [5, 5.41) is 10.8. The molecule has 1 aromatic carbocycles. The van der Waals surface area contributed by atoms with E-state index >= 15 is 0 Å². The lowest BCUT2D eigenvalue weighted by molar-refractivity contribution is -0.385. The van der Waals surface area contributed by atoms with E-state index in [4.69, 9.17) is 9.47 Å². The van der Waals surface area contributed by atoms with Gasteiger partial charge in [0.2, 0.25) is 5.75 Å². The van der Waals surface area contributed by atoms with Crippen LogP contribution in [0.4, 0.5) is 5.69 Å². The highest BCUT2D eigenvalue weighted by atomic mass is 16.6. The molecule has 0 bridgehead atoms. The summed E-state index contributed by atoms with van der Waals surface area (Å²) in [6.07, 6.45) is 2.30. The Morgan fingerprint density at radius 2 is 2.25 bits per heavy atom. The first-order valence-corrected chi connectivity index (χ1v) is 5.16. The molecule has 0 aliphatic heterocycles. The Kier molecular flexibility index (Phi) is 2.94. The van der Waals surface area contributed by atoms with E-state index < -0.39 is 4.92 Å². The van der Waals surface area contributed by atoms with Crippen molar-refractivity contribution >= 4 is 5.69 Å². The van der Waals surface area contributed by atoms with Gasteiger partial charge >= 0.3 is 5.69 Å². The molecule has 0 aromatic heterocycles. The molecule has 2 rings (SSSR count). The molecule has 1 aliphatic carbocycles. The Balaban J connectivity index is 2.18. The van der Waals surface area contributed by atoms with Gasteiger partial charge in [-0.25, -0.2) is 0 Å². The van der Waals surface area contributed by atoms with Gasteiger partial charge in [0.15, 0.2) is 0 Å². The van der Waals surface area contributed by atoms with Crippen LogP contribution in [0.1, 0.15) is 12.8 Å². The predicted octanol–water partition coefficient (Wildman–Crippen LogP) is 2.39. The van der Waals surface area contributed by atoms with Crippen molar-refractivity contribution < 1.29 is 14.4 Å². The molecule has 0 atom stereocenters. The molecule has 0 unspecified atom stereocenters. The fraction of sp³-hybridized carbons (Fsp3) is 0.455. The van der Waals surface area contributed by atoms with E-state index in [1.165, 1.54) is 13.2 Å². The maximum absolute atomic E-state index is 10.8. The number of hydrogen-bond donors (Lipinski definition) is 0. The van der Waals surface area contributed by atoms with Gasteiger partial charge in [0.1, 0.15) is 5.75 Å². The molecule has 0 radical (unpaired) electrons. The number of hydrogen-bond acceptors (Lipinski definition) is 4. The maximum Gasteiger partial charge on any atom is 0.311 e. The van der Waals surface area contributed by atoms with Crippen molar-refractivity contribution in [2.45, 2.75) is 12.8 Å². The van der Waals surface area contributed by atoms with Crippen LogP contribution in [0.15, 0.2) is 18.2 Å². The van der Waals surface area contributed by atoms with E-state index in [-0.39, 0.29) is 11.4 Å². The molecule has 5 heteroatoms. The summed E-state index contributed by atoms with van der Waals surface area (Å²) < 4.78 is 10.5. The van der Waals surface area contributed by atoms with Crippen molar-refractivity contribution in [1.82, 2.24) is 0 Å². The van der Waals surface area contributed by atoms with Crippen molar-refractivity contribution in [1.29, 1.82) is 0 Å². The minimum absolute atomic E-state index is 0.0125. The van der Waals surface area contributed by atoms with E-state index in [0.29, 0.717) is 18.3 Å². The van der Waals surface area contributed by atoms with E-state index in [0.717, 1.165) is 12.8 Å². The molecule has 0 N–H and O–H groups in total. The van der Waals surface area contributed by atoms with E-state index in [9.17, 15) is 10.1 Å². The zero-order chi connectivity index (χ0) is 11.5. The van der Waals surface area contributed by atoms with Crippen molar-refractivity contribution in [2.24, 2.45) is 5.92 Å². The monoisotopic (exact) mass is 223 g/mol. The second-order valence-corrected chi connectivity index (χ2v) is 3.85. The lowest BCUT2D eigenvalue weighted by Crippen LogP contribution is -2.02. The first-order valence-electron chi connectivity index (χ1n) is 5.16. The second kappa shape index (κ2) is 4.38. The molecule has 0 spiro atoms. The Labute approximate surface area is 93.1 Å². The van der Waals surface area contributed by atoms with E-state index in [2.05, 4.69) is 0 Å².